The smallest absolute Gasteiger partial charge is 0.149 e. The highest BCUT2D eigenvalue weighted by atomic mass is 35.5. The summed E-state index contributed by atoms with van der Waals surface area (Å²) in [5.74, 6) is -2.91. The summed E-state index contributed by atoms with van der Waals surface area (Å²) in [5, 5.41) is 8.34. The lowest BCUT2D eigenvalue weighted by Crippen LogP contribution is -1.95. The van der Waals surface area contributed by atoms with E-state index in [9.17, 15) is 13.2 Å². The zero-order valence-corrected chi connectivity index (χ0v) is 9.60. The molecule has 0 radical (unpaired) electrons. The molecule has 2 rings (SSSR count). The van der Waals surface area contributed by atoms with E-state index in [0.29, 0.717) is 0 Å². The van der Waals surface area contributed by atoms with Gasteiger partial charge in [-0.05, 0) is 18.2 Å². The fraction of sp³-hybridized carbons (Fsp3) is 0. The number of nitrogens with zero attached hydrogens (tertiary/aromatic N) is 1. The number of benzene rings is 2. The Bertz CT molecular complexity index is 639. The van der Waals surface area contributed by atoms with Crippen LogP contribution in [0.4, 0.5) is 13.2 Å². The topological polar surface area (TPSA) is 23.8 Å². The third-order valence-electron chi connectivity index (χ3n) is 2.39. The minimum Gasteiger partial charge on any atom is -0.206 e. The van der Waals surface area contributed by atoms with Crippen LogP contribution in [0.5, 0.6) is 0 Å². The fourth-order valence-corrected chi connectivity index (χ4v) is 1.77. The van der Waals surface area contributed by atoms with Crippen LogP contribution in [0.3, 0.4) is 0 Å². The van der Waals surface area contributed by atoms with E-state index in [1.54, 1.807) is 6.07 Å². The average Bonchev–Trinajstić information content (AvgIpc) is 2.33. The molecule has 0 spiro atoms. The minimum absolute atomic E-state index is 0.170. The van der Waals surface area contributed by atoms with Crippen molar-refractivity contribution in [2.24, 2.45) is 0 Å². The van der Waals surface area contributed by atoms with Crippen molar-refractivity contribution in [2.75, 3.05) is 0 Å². The first-order valence-corrected chi connectivity index (χ1v) is 5.26. The quantitative estimate of drug-likeness (QED) is 0.756. The number of rotatable bonds is 1. The monoisotopic (exact) mass is 267 g/mol. The summed E-state index contributed by atoms with van der Waals surface area (Å²) < 4.78 is 41.1. The van der Waals surface area contributed by atoms with Gasteiger partial charge in [-0.15, -0.1) is 0 Å². The lowest BCUT2D eigenvalue weighted by molar-refractivity contribution is 0.581. The maximum atomic E-state index is 13.7. The molecule has 0 N–H and O–H groups in total. The fourth-order valence-electron chi connectivity index (χ4n) is 1.59. The first kappa shape index (κ1) is 12.5. The van der Waals surface area contributed by atoms with Gasteiger partial charge in [-0.3, -0.25) is 0 Å². The Morgan fingerprint density at radius 2 is 1.67 bits per heavy atom. The van der Waals surface area contributed by atoms with Crippen molar-refractivity contribution in [3.63, 3.8) is 0 Å². The largest absolute Gasteiger partial charge is 0.206 e. The number of halogens is 4. The molecule has 0 heterocycles. The van der Waals surface area contributed by atoms with Crippen LogP contribution >= 0.6 is 11.6 Å². The molecule has 0 unspecified atom stereocenters. The molecule has 0 aliphatic carbocycles. The van der Waals surface area contributed by atoms with Crippen molar-refractivity contribution in [3.8, 4) is 17.2 Å². The Morgan fingerprint density at radius 3 is 2.22 bits per heavy atom. The van der Waals surface area contributed by atoms with Crippen molar-refractivity contribution in [1.29, 1.82) is 5.26 Å². The SMILES string of the molecule is N#Cc1cc(F)c(-c2cccc(Cl)c2F)c(F)c1. The summed E-state index contributed by atoms with van der Waals surface area (Å²) in [5.41, 5.74) is -0.979. The number of hydrogen-bond acceptors (Lipinski definition) is 1. The molecule has 0 aliphatic heterocycles. The van der Waals surface area contributed by atoms with Gasteiger partial charge in [-0.25, -0.2) is 13.2 Å². The molecule has 0 aromatic heterocycles. The zero-order chi connectivity index (χ0) is 13.3. The summed E-state index contributed by atoms with van der Waals surface area (Å²) in [7, 11) is 0. The highest BCUT2D eigenvalue weighted by Crippen LogP contribution is 2.32. The van der Waals surface area contributed by atoms with Gasteiger partial charge in [-0.1, -0.05) is 23.7 Å². The molecule has 0 fully saturated rings. The van der Waals surface area contributed by atoms with E-state index in [2.05, 4.69) is 0 Å². The molecule has 0 amide bonds. The number of nitriles is 1. The Hall–Kier alpha value is -1.99. The van der Waals surface area contributed by atoms with Gasteiger partial charge in [0.25, 0.3) is 0 Å². The van der Waals surface area contributed by atoms with Gasteiger partial charge >= 0.3 is 0 Å². The van der Waals surface area contributed by atoms with Gasteiger partial charge < -0.3 is 0 Å². The molecule has 0 aliphatic rings. The first-order valence-electron chi connectivity index (χ1n) is 4.88. The summed E-state index contributed by atoms with van der Waals surface area (Å²) in [4.78, 5) is 0. The lowest BCUT2D eigenvalue weighted by Gasteiger charge is -2.07. The zero-order valence-electron chi connectivity index (χ0n) is 8.85. The van der Waals surface area contributed by atoms with Crippen LogP contribution in [0, 0.1) is 28.8 Å². The van der Waals surface area contributed by atoms with Crippen molar-refractivity contribution < 1.29 is 13.2 Å². The lowest BCUT2D eigenvalue weighted by atomic mass is 10.0. The average molecular weight is 268 g/mol. The highest BCUT2D eigenvalue weighted by Gasteiger charge is 2.18. The third kappa shape index (κ3) is 2.05. The summed E-state index contributed by atoms with van der Waals surface area (Å²) in [6.45, 7) is 0. The highest BCUT2D eigenvalue weighted by molar-refractivity contribution is 6.31. The van der Waals surface area contributed by atoms with Crippen LogP contribution in [-0.2, 0) is 0 Å². The molecule has 0 saturated carbocycles. The van der Waals surface area contributed by atoms with Crippen LogP contribution in [-0.4, -0.2) is 0 Å². The van der Waals surface area contributed by atoms with Gasteiger partial charge in [0.2, 0.25) is 0 Å². The molecule has 5 heteroatoms. The minimum atomic E-state index is -1.01. The van der Waals surface area contributed by atoms with Crippen LogP contribution < -0.4 is 0 Å². The van der Waals surface area contributed by atoms with Gasteiger partial charge in [0.15, 0.2) is 0 Å². The van der Waals surface area contributed by atoms with Crippen LogP contribution in [0.15, 0.2) is 30.3 Å². The summed E-state index contributed by atoms with van der Waals surface area (Å²) in [6.07, 6.45) is 0. The normalized spacial score (nSPS) is 10.2. The van der Waals surface area contributed by atoms with E-state index in [0.717, 1.165) is 12.1 Å². The molecule has 1 nitrogen and oxygen atoms in total. The van der Waals surface area contributed by atoms with E-state index < -0.39 is 23.0 Å². The van der Waals surface area contributed by atoms with E-state index in [4.69, 9.17) is 16.9 Å². The van der Waals surface area contributed by atoms with E-state index in [1.165, 1.54) is 18.2 Å². The molecule has 2 aromatic rings. The van der Waals surface area contributed by atoms with Gasteiger partial charge in [-0.2, -0.15) is 5.26 Å². The Balaban J connectivity index is 2.73. The third-order valence-corrected chi connectivity index (χ3v) is 2.68. The van der Waals surface area contributed by atoms with E-state index in [-0.39, 0.29) is 16.1 Å². The predicted molar refractivity (Wildman–Crippen MR) is 61.5 cm³/mol. The van der Waals surface area contributed by atoms with Gasteiger partial charge in [0, 0.05) is 5.56 Å². The predicted octanol–water partition coefficient (Wildman–Crippen LogP) is 4.30. The van der Waals surface area contributed by atoms with E-state index in [1.807, 2.05) is 0 Å². The van der Waals surface area contributed by atoms with E-state index >= 15 is 0 Å². The molecule has 2 aromatic carbocycles. The first-order chi connectivity index (χ1) is 8.54. The van der Waals surface area contributed by atoms with Crippen molar-refractivity contribution in [1.82, 2.24) is 0 Å². The molecular formula is C13H5ClF3N. The maximum absolute atomic E-state index is 13.7. The van der Waals surface area contributed by atoms with Crippen molar-refractivity contribution >= 4 is 11.6 Å². The maximum Gasteiger partial charge on any atom is 0.149 e. The molecule has 18 heavy (non-hydrogen) atoms. The standard InChI is InChI=1S/C13H5ClF3N/c14-9-3-1-2-8(13(9)17)12-10(15)4-7(6-18)5-11(12)16/h1-5H. The Morgan fingerprint density at radius 1 is 1.06 bits per heavy atom. The summed E-state index contributed by atoms with van der Waals surface area (Å²) >= 11 is 5.55. The van der Waals surface area contributed by atoms with Crippen LogP contribution in [0.25, 0.3) is 11.1 Å². The second-order valence-electron chi connectivity index (χ2n) is 3.53. The molecule has 0 bridgehead atoms. The van der Waals surface area contributed by atoms with Gasteiger partial charge in [0.05, 0.1) is 22.2 Å². The number of hydrogen-bond donors (Lipinski definition) is 0. The van der Waals surface area contributed by atoms with Crippen LogP contribution in [0.1, 0.15) is 5.56 Å². The van der Waals surface area contributed by atoms with Crippen LogP contribution in [0.2, 0.25) is 5.02 Å². The molecule has 0 atom stereocenters. The molecule has 0 saturated heterocycles. The van der Waals surface area contributed by atoms with Crippen molar-refractivity contribution in [3.05, 3.63) is 58.4 Å². The molecular weight excluding hydrogens is 263 g/mol. The molecule has 90 valence electrons. The summed E-state index contributed by atoms with van der Waals surface area (Å²) in [6, 6.07) is 7.19. The Kier molecular flexibility index (Phi) is 3.26. The second kappa shape index (κ2) is 4.71. The van der Waals surface area contributed by atoms with Gasteiger partial charge in [0.1, 0.15) is 17.5 Å². The second-order valence-corrected chi connectivity index (χ2v) is 3.94. The Labute approximate surface area is 106 Å². The van der Waals surface area contributed by atoms with Crippen molar-refractivity contribution in [2.45, 2.75) is 0 Å².